The molecule has 3 aliphatic rings. The van der Waals surface area contributed by atoms with E-state index in [0.717, 1.165) is 69.6 Å². The van der Waals surface area contributed by atoms with Gasteiger partial charge in [-0.15, -0.1) is 0 Å². The van der Waals surface area contributed by atoms with E-state index in [1.807, 2.05) is 18.3 Å². The number of benzene rings is 1. The molecule has 8 heteroatoms. The Labute approximate surface area is 183 Å². The predicted molar refractivity (Wildman–Crippen MR) is 123 cm³/mol. The van der Waals surface area contributed by atoms with Gasteiger partial charge >= 0.3 is 0 Å². The molecule has 0 bridgehead atoms. The number of aromatic nitrogens is 2. The van der Waals surface area contributed by atoms with Crippen LogP contribution in [0, 0.1) is 6.92 Å². The second-order valence-electron chi connectivity index (χ2n) is 8.58. The summed E-state index contributed by atoms with van der Waals surface area (Å²) in [5.74, 6) is 1.60. The van der Waals surface area contributed by atoms with Gasteiger partial charge in [0.05, 0.1) is 25.1 Å². The molecule has 1 aromatic carbocycles. The van der Waals surface area contributed by atoms with E-state index in [0.29, 0.717) is 12.0 Å². The van der Waals surface area contributed by atoms with Crippen LogP contribution in [0.15, 0.2) is 29.4 Å². The molecule has 1 aromatic heterocycles. The fourth-order valence-corrected chi connectivity index (χ4v) is 4.67. The molecule has 3 aliphatic heterocycles. The van der Waals surface area contributed by atoms with E-state index < -0.39 is 0 Å². The Morgan fingerprint density at radius 3 is 2.94 bits per heavy atom. The number of fused-ring (bicyclic) bond motifs is 1. The minimum atomic E-state index is 0.563. The van der Waals surface area contributed by atoms with E-state index in [1.54, 1.807) is 0 Å². The van der Waals surface area contributed by atoms with Gasteiger partial charge in [-0.1, -0.05) is 29.8 Å². The Morgan fingerprint density at radius 2 is 2.13 bits per heavy atom. The number of aryl methyl sites for hydroxylation is 1. The van der Waals surface area contributed by atoms with Crippen molar-refractivity contribution in [1.29, 1.82) is 0 Å². The Hall–Kier alpha value is -2.55. The zero-order chi connectivity index (χ0) is 21.0. The van der Waals surface area contributed by atoms with Crippen LogP contribution in [0.25, 0.3) is 0 Å². The summed E-state index contributed by atoms with van der Waals surface area (Å²) in [5.41, 5.74) is 7.73. The predicted octanol–water partition coefficient (Wildman–Crippen LogP) is 2.14. The largest absolute Gasteiger partial charge is 0.378 e. The molecule has 164 valence electrons. The minimum absolute atomic E-state index is 0.563. The average molecular weight is 422 g/mol. The number of nitrogens with zero attached hydrogens (tertiary/aromatic N) is 5. The molecule has 31 heavy (non-hydrogen) atoms. The first-order chi connectivity index (χ1) is 15.3. The molecular weight excluding hydrogens is 390 g/mol. The molecule has 0 unspecified atom stereocenters. The highest BCUT2D eigenvalue weighted by Gasteiger charge is 2.32. The standard InChI is InChI=1S/C23H31N7O/c1-17-4-2-5-18(12-17)13-25-28-23-26-21-16-30(19-6-3-7-24-14-19)15-20(21)22(27-23)29-8-10-31-11-9-29/h2,4-5,12-13,19,24H,3,6-11,14-16H2,1H3,(H,26,27,28)/b25-13+/t19-/m1/s1. The molecule has 0 amide bonds. The summed E-state index contributed by atoms with van der Waals surface area (Å²) < 4.78 is 5.57. The Kier molecular flexibility index (Phi) is 6.11. The Balaban J connectivity index is 1.38. The SMILES string of the molecule is Cc1cccc(/C=N/Nc2nc3c(c(N4CCOCC4)n2)CN([C@@H]2CCCNC2)C3)c1. The van der Waals surface area contributed by atoms with Crippen LogP contribution in [0.2, 0.25) is 0 Å². The van der Waals surface area contributed by atoms with Crippen LogP contribution in [0.5, 0.6) is 0 Å². The van der Waals surface area contributed by atoms with Gasteiger partial charge < -0.3 is 15.0 Å². The molecule has 2 aromatic rings. The normalized spacial score (nSPS) is 22.1. The van der Waals surface area contributed by atoms with Crippen LogP contribution >= 0.6 is 0 Å². The molecule has 0 spiro atoms. The zero-order valence-electron chi connectivity index (χ0n) is 18.2. The number of hydrogen-bond acceptors (Lipinski definition) is 8. The number of nitrogens with one attached hydrogen (secondary N) is 2. The van der Waals surface area contributed by atoms with Gasteiger partial charge in [0.2, 0.25) is 5.95 Å². The second kappa shape index (κ2) is 9.30. The summed E-state index contributed by atoms with van der Waals surface area (Å²) in [7, 11) is 0. The van der Waals surface area contributed by atoms with E-state index in [9.17, 15) is 0 Å². The lowest BCUT2D eigenvalue weighted by atomic mass is 10.1. The lowest BCUT2D eigenvalue weighted by Gasteiger charge is -2.31. The van der Waals surface area contributed by atoms with Crippen LogP contribution in [0.1, 0.15) is 35.2 Å². The van der Waals surface area contributed by atoms with Crippen molar-refractivity contribution in [3.63, 3.8) is 0 Å². The molecule has 0 aliphatic carbocycles. The summed E-state index contributed by atoms with van der Waals surface area (Å²) in [6.07, 6.45) is 4.30. The van der Waals surface area contributed by atoms with E-state index in [1.165, 1.54) is 24.0 Å². The molecule has 0 saturated carbocycles. The summed E-state index contributed by atoms with van der Waals surface area (Å²) in [5, 5.41) is 7.95. The topological polar surface area (TPSA) is 77.9 Å². The average Bonchev–Trinajstić information content (AvgIpc) is 3.24. The fourth-order valence-electron chi connectivity index (χ4n) is 4.67. The number of rotatable bonds is 5. The molecule has 5 rings (SSSR count). The monoisotopic (exact) mass is 421 g/mol. The van der Waals surface area contributed by atoms with Gasteiger partial charge in [-0.3, -0.25) is 4.90 Å². The Bertz CT molecular complexity index is 936. The van der Waals surface area contributed by atoms with Gasteiger partial charge in [0, 0.05) is 44.3 Å². The molecule has 2 saturated heterocycles. The Morgan fingerprint density at radius 1 is 1.23 bits per heavy atom. The van der Waals surface area contributed by atoms with Crippen molar-refractivity contribution in [3.8, 4) is 0 Å². The zero-order valence-corrected chi connectivity index (χ0v) is 18.2. The van der Waals surface area contributed by atoms with Crippen LogP contribution in [-0.2, 0) is 17.8 Å². The second-order valence-corrected chi connectivity index (χ2v) is 8.58. The van der Waals surface area contributed by atoms with Crippen molar-refractivity contribution < 1.29 is 4.74 Å². The van der Waals surface area contributed by atoms with Crippen LogP contribution in [-0.4, -0.2) is 66.5 Å². The number of hydrazone groups is 1. The van der Waals surface area contributed by atoms with Crippen molar-refractivity contribution in [2.45, 2.75) is 38.9 Å². The van der Waals surface area contributed by atoms with E-state index in [-0.39, 0.29) is 0 Å². The van der Waals surface area contributed by atoms with E-state index in [4.69, 9.17) is 14.7 Å². The maximum atomic E-state index is 5.57. The van der Waals surface area contributed by atoms with Gasteiger partial charge in [-0.05, 0) is 31.9 Å². The number of piperidine rings is 1. The molecule has 2 N–H and O–H groups in total. The maximum Gasteiger partial charge on any atom is 0.245 e. The summed E-state index contributed by atoms with van der Waals surface area (Å²) in [4.78, 5) is 14.6. The van der Waals surface area contributed by atoms with E-state index >= 15 is 0 Å². The van der Waals surface area contributed by atoms with Gasteiger partial charge in [-0.25, -0.2) is 10.4 Å². The van der Waals surface area contributed by atoms with Crippen molar-refractivity contribution in [2.24, 2.45) is 5.10 Å². The van der Waals surface area contributed by atoms with Gasteiger partial charge in [0.1, 0.15) is 5.82 Å². The van der Waals surface area contributed by atoms with Gasteiger partial charge in [0.25, 0.3) is 0 Å². The number of hydrogen-bond donors (Lipinski definition) is 2. The van der Waals surface area contributed by atoms with Crippen LogP contribution in [0.4, 0.5) is 11.8 Å². The third kappa shape index (κ3) is 4.71. The van der Waals surface area contributed by atoms with Gasteiger partial charge in [0.15, 0.2) is 0 Å². The third-order valence-corrected chi connectivity index (χ3v) is 6.30. The quantitative estimate of drug-likeness (QED) is 0.566. The first-order valence-corrected chi connectivity index (χ1v) is 11.3. The number of ether oxygens (including phenoxy) is 1. The highest BCUT2D eigenvalue weighted by atomic mass is 16.5. The van der Waals surface area contributed by atoms with Crippen LogP contribution in [0.3, 0.4) is 0 Å². The van der Waals surface area contributed by atoms with Crippen molar-refractivity contribution in [3.05, 3.63) is 46.6 Å². The fraction of sp³-hybridized carbons (Fsp3) is 0.522. The summed E-state index contributed by atoms with van der Waals surface area (Å²) in [6, 6.07) is 8.82. The van der Waals surface area contributed by atoms with E-state index in [2.05, 4.69) is 44.7 Å². The summed E-state index contributed by atoms with van der Waals surface area (Å²) in [6.45, 7) is 9.26. The molecule has 1 atom stereocenters. The first kappa shape index (κ1) is 20.4. The smallest absolute Gasteiger partial charge is 0.245 e. The van der Waals surface area contributed by atoms with Crippen molar-refractivity contribution in [1.82, 2.24) is 20.2 Å². The minimum Gasteiger partial charge on any atom is -0.378 e. The van der Waals surface area contributed by atoms with Crippen molar-refractivity contribution >= 4 is 18.0 Å². The molecule has 4 heterocycles. The van der Waals surface area contributed by atoms with Crippen molar-refractivity contribution in [2.75, 3.05) is 49.7 Å². The molecule has 0 radical (unpaired) electrons. The van der Waals surface area contributed by atoms with Gasteiger partial charge in [-0.2, -0.15) is 10.1 Å². The number of anilines is 2. The maximum absolute atomic E-state index is 5.57. The molecular formula is C23H31N7O. The highest BCUT2D eigenvalue weighted by molar-refractivity contribution is 5.80. The third-order valence-electron chi connectivity index (χ3n) is 6.30. The lowest BCUT2D eigenvalue weighted by Crippen LogP contribution is -2.43. The highest BCUT2D eigenvalue weighted by Crippen LogP contribution is 2.33. The van der Waals surface area contributed by atoms with Crippen LogP contribution < -0.4 is 15.6 Å². The molecule has 8 nitrogen and oxygen atoms in total. The first-order valence-electron chi connectivity index (χ1n) is 11.3. The lowest BCUT2D eigenvalue weighted by molar-refractivity contribution is 0.122. The summed E-state index contributed by atoms with van der Waals surface area (Å²) >= 11 is 0. The molecule has 2 fully saturated rings. The number of morpholine rings is 1.